The minimum atomic E-state index is -0.427. The van der Waals surface area contributed by atoms with Crippen molar-refractivity contribution in [2.75, 3.05) is 6.54 Å². The van der Waals surface area contributed by atoms with E-state index in [0.29, 0.717) is 18.0 Å². The van der Waals surface area contributed by atoms with Crippen LogP contribution in [0.5, 0.6) is 0 Å². The van der Waals surface area contributed by atoms with Crippen LogP contribution in [-0.4, -0.2) is 38.6 Å². The van der Waals surface area contributed by atoms with Crippen LogP contribution in [0.1, 0.15) is 67.0 Å². The molecule has 4 atom stereocenters. The van der Waals surface area contributed by atoms with E-state index in [4.69, 9.17) is 4.74 Å². The van der Waals surface area contributed by atoms with Crippen molar-refractivity contribution in [3.05, 3.63) is 59.2 Å². The molecule has 1 spiro atoms. The average Bonchev–Trinajstić information content (AvgIpc) is 3.13. The lowest BCUT2D eigenvalue weighted by Gasteiger charge is -2.45. The Morgan fingerprint density at radius 2 is 1.97 bits per heavy atom. The number of aliphatic hydroxyl groups is 1. The Bertz CT molecular complexity index is 903. The molecule has 2 aromatic rings. The van der Waals surface area contributed by atoms with E-state index in [1.165, 1.54) is 29.5 Å². The Labute approximate surface area is 172 Å². The van der Waals surface area contributed by atoms with Crippen molar-refractivity contribution in [2.45, 2.75) is 75.3 Å². The van der Waals surface area contributed by atoms with Gasteiger partial charge < -0.3 is 9.84 Å². The molecule has 29 heavy (non-hydrogen) atoms. The first-order valence-corrected chi connectivity index (χ1v) is 11.2. The first-order valence-electron chi connectivity index (χ1n) is 11.2. The van der Waals surface area contributed by atoms with E-state index in [1.807, 2.05) is 18.5 Å². The van der Waals surface area contributed by atoms with Crippen molar-refractivity contribution in [2.24, 2.45) is 5.92 Å². The van der Waals surface area contributed by atoms with Crippen LogP contribution in [0, 0.1) is 5.92 Å². The summed E-state index contributed by atoms with van der Waals surface area (Å²) in [5.41, 5.74) is 4.67. The second-order valence-corrected chi connectivity index (χ2v) is 9.51. The molecule has 5 nitrogen and oxygen atoms in total. The highest BCUT2D eigenvalue weighted by molar-refractivity contribution is 5.34. The molecule has 0 radical (unpaired) electrons. The summed E-state index contributed by atoms with van der Waals surface area (Å²) in [4.78, 5) is 11.6. The third-order valence-corrected chi connectivity index (χ3v) is 7.90. The second-order valence-electron chi connectivity index (χ2n) is 9.51. The van der Waals surface area contributed by atoms with Crippen LogP contribution < -0.4 is 0 Å². The lowest BCUT2D eigenvalue weighted by molar-refractivity contribution is -0.103. The summed E-state index contributed by atoms with van der Waals surface area (Å²) in [6.07, 6.45) is 13.0. The van der Waals surface area contributed by atoms with Gasteiger partial charge in [-0.3, -0.25) is 14.9 Å². The first-order chi connectivity index (χ1) is 14.2. The van der Waals surface area contributed by atoms with E-state index in [-0.39, 0.29) is 5.60 Å². The highest BCUT2D eigenvalue weighted by Crippen LogP contribution is 2.52. The van der Waals surface area contributed by atoms with Gasteiger partial charge in [-0.05, 0) is 74.1 Å². The van der Waals surface area contributed by atoms with E-state index < -0.39 is 6.10 Å². The number of hydrogen-bond donors (Lipinski definition) is 1. The molecule has 2 fully saturated rings. The maximum absolute atomic E-state index is 10.8. The lowest BCUT2D eigenvalue weighted by atomic mass is 9.80. The Morgan fingerprint density at radius 1 is 1.10 bits per heavy atom. The number of aryl methyl sites for hydroxylation is 1. The zero-order valence-electron chi connectivity index (χ0n) is 16.8. The van der Waals surface area contributed by atoms with Crippen LogP contribution in [0.4, 0.5) is 0 Å². The van der Waals surface area contributed by atoms with E-state index in [2.05, 4.69) is 27.0 Å². The molecule has 2 saturated heterocycles. The van der Waals surface area contributed by atoms with E-state index in [0.717, 1.165) is 50.9 Å². The molecule has 2 aromatic heterocycles. The molecule has 0 saturated carbocycles. The number of nitrogens with zero attached hydrogens (tertiary/aromatic N) is 3. The number of aliphatic hydroxyl groups excluding tert-OH is 1. The summed E-state index contributed by atoms with van der Waals surface area (Å²) in [6.45, 7) is 1.83. The van der Waals surface area contributed by atoms with Gasteiger partial charge in [-0.2, -0.15) is 0 Å². The third kappa shape index (κ3) is 2.94. The minimum Gasteiger partial charge on any atom is -0.387 e. The van der Waals surface area contributed by atoms with Crippen molar-refractivity contribution in [3.8, 4) is 0 Å². The number of aromatic nitrogens is 2. The van der Waals surface area contributed by atoms with Crippen LogP contribution >= 0.6 is 0 Å². The van der Waals surface area contributed by atoms with Gasteiger partial charge in [0, 0.05) is 42.8 Å². The number of hydrogen-bond acceptors (Lipinski definition) is 5. The molecule has 152 valence electrons. The van der Waals surface area contributed by atoms with Crippen LogP contribution in [0.25, 0.3) is 0 Å². The molecule has 6 rings (SSSR count). The van der Waals surface area contributed by atoms with E-state index in [1.54, 1.807) is 6.20 Å². The summed E-state index contributed by atoms with van der Waals surface area (Å²) in [7, 11) is 0. The van der Waals surface area contributed by atoms with Crippen LogP contribution in [0.15, 0.2) is 36.8 Å². The molecule has 5 heteroatoms. The van der Waals surface area contributed by atoms with Gasteiger partial charge >= 0.3 is 0 Å². The molecule has 5 heterocycles. The Kier molecular flexibility index (Phi) is 4.26. The molecule has 1 aliphatic carbocycles. The monoisotopic (exact) mass is 391 g/mol. The number of piperidine rings is 1. The van der Waals surface area contributed by atoms with Gasteiger partial charge in [0.05, 0.1) is 24.0 Å². The molecule has 0 amide bonds. The van der Waals surface area contributed by atoms with Gasteiger partial charge in [0.15, 0.2) is 0 Å². The van der Waals surface area contributed by atoms with Gasteiger partial charge in [-0.25, -0.2) is 0 Å². The fourth-order valence-electron chi connectivity index (χ4n) is 6.52. The van der Waals surface area contributed by atoms with Crippen molar-refractivity contribution in [1.82, 2.24) is 14.9 Å². The van der Waals surface area contributed by atoms with Crippen molar-refractivity contribution >= 4 is 0 Å². The number of fused-ring (bicyclic) bond motifs is 5. The normalized spacial score (nSPS) is 36.0. The maximum Gasteiger partial charge on any atom is 0.0984 e. The number of pyridine rings is 2. The molecule has 2 bridgehead atoms. The van der Waals surface area contributed by atoms with E-state index >= 15 is 0 Å². The first kappa shape index (κ1) is 18.0. The summed E-state index contributed by atoms with van der Waals surface area (Å²) in [6, 6.07) is 7.41. The largest absolute Gasteiger partial charge is 0.387 e. The zero-order chi connectivity index (χ0) is 19.4. The van der Waals surface area contributed by atoms with Gasteiger partial charge in [0.1, 0.15) is 0 Å². The smallest absolute Gasteiger partial charge is 0.0984 e. The fourth-order valence-corrected chi connectivity index (χ4v) is 6.52. The van der Waals surface area contributed by atoms with Gasteiger partial charge in [0.25, 0.3) is 0 Å². The minimum absolute atomic E-state index is 0.116. The SMILES string of the molecule is O[C@@H]1C[C@H](CN2C3CCC2CC2(C3)OCc3ccncc32)CCc2cccnc21. The van der Waals surface area contributed by atoms with Crippen LogP contribution in [-0.2, 0) is 23.4 Å². The van der Waals surface area contributed by atoms with Crippen molar-refractivity contribution in [3.63, 3.8) is 0 Å². The topological polar surface area (TPSA) is 58.5 Å². The molecule has 2 unspecified atom stereocenters. The van der Waals surface area contributed by atoms with Gasteiger partial charge in [-0.15, -0.1) is 0 Å². The highest BCUT2D eigenvalue weighted by Gasteiger charge is 2.52. The average molecular weight is 392 g/mol. The lowest BCUT2D eigenvalue weighted by Crippen LogP contribution is -2.51. The van der Waals surface area contributed by atoms with Crippen LogP contribution in [0.3, 0.4) is 0 Å². The van der Waals surface area contributed by atoms with E-state index in [9.17, 15) is 5.11 Å². The molecule has 3 aliphatic heterocycles. The Morgan fingerprint density at radius 3 is 2.83 bits per heavy atom. The predicted octanol–water partition coefficient (Wildman–Crippen LogP) is 3.52. The van der Waals surface area contributed by atoms with Crippen molar-refractivity contribution in [1.29, 1.82) is 0 Å². The Balaban J connectivity index is 1.19. The molecular formula is C24H29N3O2. The second kappa shape index (κ2) is 6.86. The van der Waals surface area contributed by atoms with Crippen molar-refractivity contribution < 1.29 is 9.84 Å². The standard InChI is InChI=1S/C24H29N3O2/c28-22-10-16(3-4-17-2-1-8-26-23(17)22)14-27-19-5-6-20(27)12-24(11-19)21-13-25-9-7-18(21)15-29-24/h1-2,7-9,13,16,19-20,22,28H,3-6,10-12,14-15H2/t16-,19?,20?,22-,24?/m1/s1. The molecule has 1 N–H and O–H groups in total. The van der Waals surface area contributed by atoms with Gasteiger partial charge in [-0.1, -0.05) is 6.07 Å². The third-order valence-electron chi connectivity index (χ3n) is 7.90. The zero-order valence-corrected chi connectivity index (χ0v) is 16.8. The maximum atomic E-state index is 10.8. The molecule has 0 aromatic carbocycles. The summed E-state index contributed by atoms with van der Waals surface area (Å²) < 4.78 is 6.44. The Hall–Kier alpha value is -1.82. The molecule has 4 aliphatic rings. The quantitative estimate of drug-likeness (QED) is 0.794. The number of ether oxygens (including phenoxy) is 1. The van der Waals surface area contributed by atoms with Crippen LogP contribution in [0.2, 0.25) is 0 Å². The van der Waals surface area contributed by atoms with Gasteiger partial charge in [0.2, 0.25) is 0 Å². The molecular weight excluding hydrogens is 362 g/mol. The summed E-state index contributed by atoms with van der Waals surface area (Å²) >= 11 is 0. The number of rotatable bonds is 2. The highest BCUT2D eigenvalue weighted by atomic mass is 16.5. The fraction of sp³-hybridized carbons (Fsp3) is 0.583. The summed E-state index contributed by atoms with van der Waals surface area (Å²) in [5.74, 6) is 0.523. The summed E-state index contributed by atoms with van der Waals surface area (Å²) in [5, 5.41) is 10.8. The predicted molar refractivity (Wildman–Crippen MR) is 109 cm³/mol.